The lowest BCUT2D eigenvalue weighted by Crippen LogP contribution is -2.35. The Labute approximate surface area is 189 Å². The van der Waals surface area contributed by atoms with Crippen molar-refractivity contribution in [3.8, 4) is 11.1 Å². The zero-order chi connectivity index (χ0) is 22.9. The number of Topliss-reactive ketones (excluding diaryl/α,β-unsaturated/α-hetero) is 1. The van der Waals surface area contributed by atoms with Crippen molar-refractivity contribution < 1.29 is 18.0 Å². The number of carbonyl (C=O) groups is 1. The Balaban J connectivity index is 1.32. The van der Waals surface area contributed by atoms with Gasteiger partial charge in [-0.2, -0.15) is 0 Å². The number of fused-ring (bicyclic) bond motifs is 3. The van der Waals surface area contributed by atoms with Crippen LogP contribution in [0.4, 0.5) is 13.2 Å². The van der Waals surface area contributed by atoms with Crippen LogP contribution in [-0.2, 0) is 13.0 Å². The molecule has 4 aromatic rings. The summed E-state index contributed by atoms with van der Waals surface area (Å²) in [5.41, 5.74) is 4.72. The average Bonchev–Trinajstić information content (AvgIpc) is 3.20. The lowest BCUT2D eigenvalue weighted by molar-refractivity contribution is 0.0978. The van der Waals surface area contributed by atoms with Gasteiger partial charge in [0.1, 0.15) is 17.5 Å². The molecule has 168 valence electrons. The molecule has 2 N–H and O–H groups in total. The van der Waals surface area contributed by atoms with Crippen LogP contribution in [-0.4, -0.2) is 16.8 Å². The maximum absolute atomic E-state index is 14.6. The summed E-state index contributed by atoms with van der Waals surface area (Å²) in [6.07, 6.45) is 2.61. The van der Waals surface area contributed by atoms with E-state index in [1.54, 1.807) is 18.2 Å². The SMILES string of the molecule is O=C(CCCC1Cc2[nH]c3c(F)ccc(-c4ccc(F)cc4)c3c2CN1)c1ccc(F)cc1. The molecule has 5 rings (SSSR count). The Morgan fingerprint density at radius 1 is 0.909 bits per heavy atom. The summed E-state index contributed by atoms with van der Waals surface area (Å²) < 4.78 is 41.1. The van der Waals surface area contributed by atoms with E-state index >= 15 is 0 Å². The van der Waals surface area contributed by atoms with E-state index in [0.717, 1.165) is 34.2 Å². The first kappa shape index (κ1) is 21.5. The molecule has 3 nitrogen and oxygen atoms in total. The van der Waals surface area contributed by atoms with Gasteiger partial charge in [0.2, 0.25) is 0 Å². The number of rotatable bonds is 6. The van der Waals surface area contributed by atoms with Crippen molar-refractivity contribution in [1.29, 1.82) is 0 Å². The van der Waals surface area contributed by atoms with Crippen LogP contribution in [0.1, 0.15) is 40.9 Å². The number of ketones is 1. The van der Waals surface area contributed by atoms with Gasteiger partial charge in [-0.25, -0.2) is 13.2 Å². The number of nitrogens with one attached hydrogen (secondary N) is 2. The van der Waals surface area contributed by atoms with Gasteiger partial charge in [0, 0.05) is 42.1 Å². The van der Waals surface area contributed by atoms with Crippen LogP contribution >= 0.6 is 0 Å². The molecule has 1 aliphatic heterocycles. The Morgan fingerprint density at radius 2 is 1.61 bits per heavy atom. The van der Waals surface area contributed by atoms with Gasteiger partial charge in [-0.05, 0) is 72.0 Å². The first-order valence-electron chi connectivity index (χ1n) is 11.1. The van der Waals surface area contributed by atoms with Crippen molar-refractivity contribution in [3.05, 3.63) is 94.9 Å². The summed E-state index contributed by atoms with van der Waals surface area (Å²) in [6, 6.07) is 15.2. The Hall–Kier alpha value is -3.38. The molecule has 0 saturated heterocycles. The number of hydrogen-bond acceptors (Lipinski definition) is 2. The van der Waals surface area contributed by atoms with Gasteiger partial charge in [-0.3, -0.25) is 4.79 Å². The minimum absolute atomic E-state index is 0.00289. The number of halogens is 3. The van der Waals surface area contributed by atoms with E-state index < -0.39 is 0 Å². The molecule has 1 atom stereocenters. The van der Waals surface area contributed by atoms with E-state index in [9.17, 15) is 18.0 Å². The normalized spacial score (nSPS) is 15.5. The second-order valence-corrected chi connectivity index (χ2v) is 8.54. The fourth-order valence-corrected chi connectivity index (χ4v) is 4.69. The molecule has 33 heavy (non-hydrogen) atoms. The van der Waals surface area contributed by atoms with E-state index in [2.05, 4.69) is 10.3 Å². The van der Waals surface area contributed by atoms with Crippen LogP contribution in [0.2, 0.25) is 0 Å². The van der Waals surface area contributed by atoms with Crippen LogP contribution in [0.5, 0.6) is 0 Å². The Morgan fingerprint density at radius 3 is 2.33 bits per heavy atom. The molecule has 0 bridgehead atoms. The van der Waals surface area contributed by atoms with Crippen molar-refractivity contribution in [2.24, 2.45) is 0 Å². The van der Waals surface area contributed by atoms with E-state index in [4.69, 9.17) is 0 Å². The predicted molar refractivity (Wildman–Crippen MR) is 123 cm³/mol. The maximum Gasteiger partial charge on any atom is 0.162 e. The van der Waals surface area contributed by atoms with Crippen molar-refractivity contribution in [3.63, 3.8) is 0 Å². The van der Waals surface area contributed by atoms with Crippen LogP contribution in [0.25, 0.3) is 22.0 Å². The third-order valence-corrected chi connectivity index (χ3v) is 6.39. The largest absolute Gasteiger partial charge is 0.356 e. The van der Waals surface area contributed by atoms with Gasteiger partial charge < -0.3 is 10.3 Å². The van der Waals surface area contributed by atoms with E-state index in [0.29, 0.717) is 36.9 Å². The molecular formula is C27H23F3N2O. The molecule has 0 spiro atoms. The van der Waals surface area contributed by atoms with Gasteiger partial charge in [0.25, 0.3) is 0 Å². The fourth-order valence-electron chi connectivity index (χ4n) is 4.69. The first-order valence-corrected chi connectivity index (χ1v) is 11.1. The van der Waals surface area contributed by atoms with Crippen LogP contribution in [0.15, 0.2) is 60.7 Å². The highest BCUT2D eigenvalue weighted by molar-refractivity contribution is 5.99. The summed E-state index contributed by atoms with van der Waals surface area (Å²) >= 11 is 0. The lowest BCUT2D eigenvalue weighted by atomic mass is 9.93. The standard InChI is InChI=1S/C27H23F3N2O/c28-18-8-4-16(5-9-18)21-12-13-23(30)27-26(21)22-15-31-20(14-24(22)32-27)2-1-3-25(33)17-6-10-19(29)11-7-17/h4-13,20,31-32H,1-3,14-15H2. The summed E-state index contributed by atoms with van der Waals surface area (Å²) in [6.45, 7) is 0.587. The number of aromatic amines is 1. The molecular weight excluding hydrogens is 425 g/mol. The van der Waals surface area contributed by atoms with Gasteiger partial charge in [0.15, 0.2) is 5.78 Å². The highest BCUT2D eigenvalue weighted by Gasteiger charge is 2.25. The van der Waals surface area contributed by atoms with E-state index in [1.165, 1.54) is 42.5 Å². The minimum atomic E-state index is -0.355. The molecule has 2 heterocycles. The first-order chi connectivity index (χ1) is 16.0. The van der Waals surface area contributed by atoms with Crippen molar-refractivity contribution >= 4 is 16.7 Å². The summed E-state index contributed by atoms with van der Waals surface area (Å²) in [5.74, 6) is -0.975. The second-order valence-electron chi connectivity index (χ2n) is 8.54. The van der Waals surface area contributed by atoms with Gasteiger partial charge in [0.05, 0.1) is 5.52 Å². The number of H-pyrrole nitrogens is 1. The number of aromatic nitrogens is 1. The van der Waals surface area contributed by atoms with Crippen LogP contribution in [0, 0.1) is 17.5 Å². The van der Waals surface area contributed by atoms with Gasteiger partial charge in [-0.15, -0.1) is 0 Å². The molecule has 0 radical (unpaired) electrons. The summed E-state index contributed by atoms with van der Waals surface area (Å²) in [5, 5.41) is 4.35. The number of hydrogen-bond donors (Lipinski definition) is 2. The number of benzene rings is 3. The number of carbonyl (C=O) groups excluding carboxylic acids is 1. The maximum atomic E-state index is 14.6. The second kappa shape index (κ2) is 8.87. The minimum Gasteiger partial charge on any atom is -0.356 e. The molecule has 0 aliphatic carbocycles. The highest BCUT2D eigenvalue weighted by Crippen LogP contribution is 2.36. The van der Waals surface area contributed by atoms with Crippen molar-refractivity contribution in [1.82, 2.24) is 10.3 Å². The van der Waals surface area contributed by atoms with E-state index in [1.807, 2.05) is 0 Å². The third-order valence-electron chi connectivity index (χ3n) is 6.39. The van der Waals surface area contributed by atoms with E-state index in [-0.39, 0.29) is 29.3 Å². The average molecular weight is 448 g/mol. The molecule has 0 amide bonds. The summed E-state index contributed by atoms with van der Waals surface area (Å²) in [7, 11) is 0. The molecule has 1 aromatic heterocycles. The fraction of sp³-hybridized carbons (Fsp3) is 0.222. The molecule has 3 aromatic carbocycles. The Bertz CT molecular complexity index is 1310. The molecule has 0 fully saturated rings. The van der Waals surface area contributed by atoms with Gasteiger partial charge in [-0.1, -0.05) is 18.2 Å². The molecule has 6 heteroatoms. The molecule has 1 aliphatic rings. The topological polar surface area (TPSA) is 44.9 Å². The van der Waals surface area contributed by atoms with Crippen molar-refractivity contribution in [2.75, 3.05) is 0 Å². The highest BCUT2D eigenvalue weighted by atomic mass is 19.1. The molecule has 1 unspecified atom stereocenters. The lowest BCUT2D eigenvalue weighted by Gasteiger charge is -2.24. The smallest absolute Gasteiger partial charge is 0.162 e. The zero-order valence-electron chi connectivity index (χ0n) is 17.9. The Kier molecular flexibility index (Phi) is 5.77. The van der Waals surface area contributed by atoms with Crippen LogP contribution < -0.4 is 5.32 Å². The van der Waals surface area contributed by atoms with Crippen molar-refractivity contribution in [2.45, 2.75) is 38.3 Å². The quantitative estimate of drug-likeness (QED) is 0.339. The zero-order valence-corrected chi connectivity index (χ0v) is 17.9. The third kappa shape index (κ3) is 4.31. The predicted octanol–water partition coefficient (Wildman–Crippen LogP) is 6.32. The monoisotopic (exact) mass is 448 g/mol. The van der Waals surface area contributed by atoms with Crippen LogP contribution in [0.3, 0.4) is 0 Å². The molecule has 0 saturated carbocycles. The van der Waals surface area contributed by atoms with Gasteiger partial charge >= 0.3 is 0 Å². The summed E-state index contributed by atoms with van der Waals surface area (Å²) in [4.78, 5) is 15.6.